The van der Waals surface area contributed by atoms with Gasteiger partial charge >= 0.3 is 15.2 Å². The Kier molecular flexibility index (Phi) is 8.30. The van der Waals surface area contributed by atoms with Crippen LogP contribution in [-0.4, -0.2) is 75.3 Å². The normalized spacial score (nSPS) is 24.8. The molecule has 202 valence electrons. The summed E-state index contributed by atoms with van der Waals surface area (Å²) < 4.78 is 34.6. The smallest absolute Gasteiger partial charge is 0.340 e. The lowest BCUT2D eigenvalue weighted by molar-refractivity contribution is -0.0204. The Morgan fingerprint density at radius 1 is 1.16 bits per heavy atom. The summed E-state index contributed by atoms with van der Waals surface area (Å²) in [5.74, 6) is -1.12. The molecule has 0 amide bonds. The van der Waals surface area contributed by atoms with Crippen molar-refractivity contribution in [2.24, 2.45) is 0 Å². The fourth-order valence-electron chi connectivity index (χ4n) is 3.80. The fraction of sp³-hybridized carbons (Fsp3) is 0.421. The van der Waals surface area contributed by atoms with E-state index in [2.05, 4.69) is 20.4 Å². The van der Waals surface area contributed by atoms with E-state index in [0.29, 0.717) is 5.02 Å². The van der Waals surface area contributed by atoms with Gasteiger partial charge in [0, 0.05) is 5.02 Å². The topological polar surface area (TPSA) is 209 Å². The first-order valence-corrected chi connectivity index (χ1v) is 15.0. The average molecular weight is 598 g/mol. The molecule has 18 heteroatoms. The molecule has 6 N–H and O–H groups in total. The number of ether oxygens (including phenoxy) is 1. The lowest BCUT2D eigenvalue weighted by atomic mass is 10.1. The number of anilines is 1. The highest BCUT2D eigenvalue weighted by atomic mass is 35.5. The maximum atomic E-state index is 11.9. The predicted molar refractivity (Wildman–Crippen MR) is 132 cm³/mol. The SMILES string of the molecule is C[C@H](Nc1nc(Cl)nn2c([C@@H]3O[C@H](COP(=O)(O)CP(=O)(O)O)[C@@H](O)[C@H]3O)cnc12)c1ccc(Cl)cc1. The predicted octanol–water partition coefficient (Wildman–Crippen LogP) is 2.10. The van der Waals surface area contributed by atoms with Crippen molar-refractivity contribution in [1.82, 2.24) is 19.6 Å². The molecule has 3 heterocycles. The zero-order chi connectivity index (χ0) is 27.1. The molecule has 1 aliphatic heterocycles. The number of hydrogen-bond donors (Lipinski definition) is 6. The standard InChI is InChI=1S/C19H23Cl2N5O9P2/c1-9(10-2-4-11(20)5-3-10)23-17-18-22-6-12(26(18)25-19(21)24-17)16-15(28)14(27)13(35-16)7-34-37(32,33)8-36(29,30)31/h2-6,9,13-16,27-28H,7-8H2,1H3,(H,32,33)(H,23,24,25)(H2,29,30,31)/t9-,13+,14+,15+,16-/m0/s1. The van der Waals surface area contributed by atoms with Gasteiger partial charge in [0.15, 0.2) is 17.4 Å². The van der Waals surface area contributed by atoms with E-state index in [9.17, 15) is 24.2 Å². The number of halogens is 2. The molecule has 1 unspecified atom stereocenters. The Balaban J connectivity index is 1.55. The van der Waals surface area contributed by atoms with Gasteiger partial charge in [-0.3, -0.25) is 9.13 Å². The van der Waals surface area contributed by atoms with E-state index in [1.807, 2.05) is 19.1 Å². The summed E-state index contributed by atoms with van der Waals surface area (Å²) in [5, 5.41) is 28.8. The minimum Gasteiger partial charge on any atom is -0.387 e. The highest BCUT2D eigenvalue weighted by molar-refractivity contribution is 7.70. The van der Waals surface area contributed by atoms with Crippen molar-refractivity contribution < 1.29 is 43.3 Å². The minimum absolute atomic E-state index is 0.149. The molecule has 1 aliphatic rings. The average Bonchev–Trinajstić information content (AvgIpc) is 3.32. The number of hydrogen-bond acceptors (Lipinski definition) is 10. The fourth-order valence-corrected chi connectivity index (χ4v) is 6.65. The Morgan fingerprint density at radius 2 is 1.84 bits per heavy atom. The van der Waals surface area contributed by atoms with Crippen LogP contribution in [0.25, 0.3) is 5.65 Å². The first-order valence-electron chi connectivity index (χ1n) is 10.7. The van der Waals surface area contributed by atoms with Crippen LogP contribution in [0.4, 0.5) is 5.82 Å². The number of nitrogens with zero attached hydrogens (tertiary/aromatic N) is 4. The van der Waals surface area contributed by atoms with Gasteiger partial charge in [-0.2, -0.15) is 4.98 Å². The van der Waals surface area contributed by atoms with Crippen LogP contribution in [0.5, 0.6) is 0 Å². The molecule has 6 atom stereocenters. The Labute approximate surface area is 219 Å². The molecule has 14 nitrogen and oxygen atoms in total. The van der Waals surface area contributed by atoms with Gasteiger partial charge in [-0.25, -0.2) is 9.50 Å². The van der Waals surface area contributed by atoms with E-state index < -0.39 is 52.1 Å². The number of fused-ring (bicyclic) bond motifs is 1. The summed E-state index contributed by atoms with van der Waals surface area (Å²) in [6.45, 7) is 1.16. The Bertz CT molecular complexity index is 1370. The van der Waals surface area contributed by atoms with Crippen molar-refractivity contribution in [3.63, 3.8) is 0 Å². The Morgan fingerprint density at radius 3 is 2.49 bits per heavy atom. The second kappa shape index (κ2) is 10.8. The maximum absolute atomic E-state index is 11.9. The van der Waals surface area contributed by atoms with E-state index >= 15 is 0 Å². The van der Waals surface area contributed by atoms with Crippen molar-refractivity contribution in [1.29, 1.82) is 0 Å². The van der Waals surface area contributed by atoms with Crippen molar-refractivity contribution in [3.05, 3.63) is 52.0 Å². The van der Waals surface area contributed by atoms with E-state index in [0.717, 1.165) is 5.56 Å². The lowest BCUT2D eigenvalue weighted by Gasteiger charge is -2.18. The highest BCUT2D eigenvalue weighted by Crippen LogP contribution is 2.55. The van der Waals surface area contributed by atoms with Crippen LogP contribution in [0.15, 0.2) is 30.5 Å². The minimum atomic E-state index is -4.84. The van der Waals surface area contributed by atoms with Crippen LogP contribution < -0.4 is 5.32 Å². The Hall–Kier alpha value is -1.67. The van der Waals surface area contributed by atoms with Gasteiger partial charge in [-0.15, -0.1) is 5.10 Å². The molecule has 1 aromatic carbocycles. The molecule has 3 aromatic rings. The molecule has 0 spiro atoms. The monoisotopic (exact) mass is 597 g/mol. The summed E-state index contributed by atoms with van der Waals surface area (Å²) >= 11 is 12.1. The zero-order valence-corrected chi connectivity index (χ0v) is 22.3. The maximum Gasteiger partial charge on any atom is 0.340 e. The molecule has 0 saturated carbocycles. The molecular formula is C19H23Cl2N5O9P2. The first-order chi connectivity index (χ1) is 17.2. The highest BCUT2D eigenvalue weighted by Gasteiger charge is 2.46. The van der Waals surface area contributed by atoms with Gasteiger partial charge < -0.3 is 39.5 Å². The third-order valence-electron chi connectivity index (χ3n) is 5.54. The van der Waals surface area contributed by atoms with E-state index in [1.54, 1.807) is 12.1 Å². The second-order valence-electron chi connectivity index (χ2n) is 8.38. The number of imidazole rings is 1. The third kappa shape index (κ3) is 6.67. The molecule has 0 aliphatic carbocycles. The number of benzene rings is 1. The van der Waals surface area contributed by atoms with Crippen LogP contribution in [0.3, 0.4) is 0 Å². The van der Waals surface area contributed by atoms with Gasteiger partial charge in [-0.05, 0) is 36.2 Å². The van der Waals surface area contributed by atoms with Crippen LogP contribution in [0.2, 0.25) is 10.3 Å². The van der Waals surface area contributed by atoms with Crippen LogP contribution in [-0.2, 0) is 18.4 Å². The second-order valence-corrected chi connectivity index (χ2v) is 13.1. The van der Waals surface area contributed by atoms with Gasteiger partial charge in [-0.1, -0.05) is 23.7 Å². The van der Waals surface area contributed by atoms with Crippen LogP contribution in [0.1, 0.15) is 30.3 Å². The van der Waals surface area contributed by atoms with Gasteiger partial charge in [0.1, 0.15) is 24.4 Å². The molecule has 4 rings (SSSR count). The summed E-state index contributed by atoms with van der Waals surface area (Å²) in [5.41, 5.74) is 1.34. The molecule has 2 aromatic heterocycles. The summed E-state index contributed by atoms with van der Waals surface area (Å²) in [6.07, 6.45) is -4.25. The first kappa shape index (κ1) is 28.3. The van der Waals surface area contributed by atoms with Gasteiger partial charge in [0.2, 0.25) is 5.28 Å². The third-order valence-corrected chi connectivity index (χ3v) is 9.41. The molecule has 1 fully saturated rings. The largest absolute Gasteiger partial charge is 0.387 e. The number of aliphatic hydroxyl groups excluding tert-OH is 2. The molecular weight excluding hydrogens is 575 g/mol. The van der Waals surface area contributed by atoms with E-state index in [1.165, 1.54) is 10.7 Å². The van der Waals surface area contributed by atoms with E-state index in [4.69, 9.17) is 42.2 Å². The molecule has 1 saturated heterocycles. The van der Waals surface area contributed by atoms with Crippen molar-refractivity contribution in [3.8, 4) is 0 Å². The number of rotatable bonds is 9. The zero-order valence-electron chi connectivity index (χ0n) is 19.0. The number of aliphatic hydroxyl groups is 2. The van der Waals surface area contributed by atoms with Gasteiger partial charge in [0.05, 0.1) is 24.5 Å². The summed E-state index contributed by atoms with van der Waals surface area (Å²) in [4.78, 5) is 36.0. The quantitative estimate of drug-likeness (QED) is 0.195. The molecule has 37 heavy (non-hydrogen) atoms. The number of aromatic nitrogens is 4. The number of nitrogens with one attached hydrogen (secondary N) is 1. The summed E-state index contributed by atoms with van der Waals surface area (Å²) in [7, 11) is -9.53. The molecule has 0 bridgehead atoms. The lowest BCUT2D eigenvalue weighted by Crippen LogP contribution is -2.33. The van der Waals surface area contributed by atoms with E-state index in [-0.39, 0.29) is 28.5 Å². The van der Waals surface area contributed by atoms with Crippen molar-refractivity contribution in [2.45, 2.75) is 37.4 Å². The van der Waals surface area contributed by atoms with Crippen molar-refractivity contribution in [2.75, 3.05) is 17.8 Å². The van der Waals surface area contributed by atoms with Crippen LogP contribution in [0, 0.1) is 0 Å². The molecule has 0 radical (unpaired) electrons. The summed E-state index contributed by atoms with van der Waals surface area (Å²) in [6, 6.07) is 6.95. The van der Waals surface area contributed by atoms with Crippen molar-refractivity contribution >= 4 is 49.9 Å². The van der Waals surface area contributed by atoms with Gasteiger partial charge in [0.25, 0.3) is 0 Å². The van der Waals surface area contributed by atoms with Crippen LogP contribution >= 0.6 is 38.4 Å².